The summed E-state index contributed by atoms with van der Waals surface area (Å²) in [6.45, 7) is 1.97. The van der Waals surface area contributed by atoms with Crippen molar-refractivity contribution in [3.8, 4) is 17.2 Å². The van der Waals surface area contributed by atoms with Crippen LogP contribution in [0.5, 0.6) is 17.2 Å². The van der Waals surface area contributed by atoms with Crippen LogP contribution >= 0.6 is 11.6 Å². The van der Waals surface area contributed by atoms with Crippen LogP contribution in [0.2, 0.25) is 5.02 Å². The average Bonchev–Trinajstić information content (AvgIpc) is 2.70. The highest BCUT2D eigenvalue weighted by Gasteiger charge is 2.14. The van der Waals surface area contributed by atoms with Crippen molar-refractivity contribution in [3.63, 3.8) is 0 Å². The van der Waals surface area contributed by atoms with Crippen molar-refractivity contribution < 1.29 is 14.2 Å². The highest BCUT2D eigenvalue weighted by atomic mass is 35.5. The molecule has 0 aliphatic heterocycles. The summed E-state index contributed by atoms with van der Waals surface area (Å²) in [5, 5.41) is 6.88. The summed E-state index contributed by atoms with van der Waals surface area (Å²) in [6.07, 6.45) is 1.41. The lowest BCUT2D eigenvalue weighted by Gasteiger charge is -2.14. The summed E-state index contributed by atoms with van der Waals surface area (Å²) < 4.78 is 16.1. The summed E-state index contributed by atoms with van der Waals surface area (Å²) >= 11 is 6.06. The van der Waals surface area contributed by atoms with Crippen LogP contribution in [0.15, 0.2) is 36.7 Å². The molecule has 0 atom stereocenters. The molecule has 0 fully saturated rings. The van der Waals surface area contributed by atoms with E-state index >= 15 is 0 Å². The van der Waals surface area contributed by atoms with Gasteiger partial charge < -0.3 is 24.8 Å². The molecule has 0 bridgehead atoms. The lowest BCUT2D eigenvalue weighted by atomic mass is 10.2. The van der Waals surface area contributed by atoms with Crippen molar-refractivity contribution in [1.82, 2.24) is 15.0 Å². The van der Waals surface area contributed by atoms with E-state index in [0.717, 1.165) is 11.3 Å². The van der Waals surface area contributed by atoms with Gasteiger partial charge in [-0.1, -0.05) is 17.7 Å². The standard InChI is InChI=1S/C19H20ClN5O3/c1-11-5-6-12(20)7-14(11)24-19-22-10-21-18(25-19)23-13-8-15(26-2)17(28-4)16(9-13)27-3/h5-10H,1-4H3,(H2,21,22,23,24,25). The highest BCUT2D eigenvalue weighted by Crippen LogP contribution is 2.40. The summed E-state index contributed by atoms with van der Waals surface area (Å²) in [5.41, 5.74) is 2.51. The third kappa shape index (κ3) is 4.34. The minimum Gasteiger partial charge on any atom is -0.493 e. The minimum absolute atomic E-state index is 0.353. The topological polar surface area (TPSA) is 90.4 Å². The predicted octanol–water partition coefficient (Wildman–Crippen LogP) is 4.35. The molecular formula is C19H20ClN5O3. The van der Waals surface area contributed by atoms with Crippen molar-refractivity contribution in [2.75, 3.05) is 32.0 Å². The Labute approximate surface area is 167 Å². The smallest absolute Gasteiger partial charge is 0.232 e. The van der Waals surface area contributed by atoms with Crippen molar-refractivity contribution in [2.45, 2.75) is 6.92 Å². The first-order valence-electron chi connectivity index (χ1n) is 8.33. The number of nitrogens with one attached hydrogen (secondary N) is 2. The number of aryl methyl sites for hydroxylation is 1. The van der Waals surface area contributed by atoms with Gasteiger partial charge in [0.05, 0.1) is 21.3 Å². The van der Waals surface area contributed by atoms with E-state index in [9.17, 15) is 0 Å². The molecule has 0 radical (unpaired) electrons. The maximum Gasteiger partial charge on any atom is 0.232 e. The number of benzene rings is 2. The number of rotatable bonds is 7. The number of ether oxygens (including phenoxy) is 3. The number of methoxy groups -OCH3 is 3. The molecule has 2 aromatic carbocycles. The van der Waals surface area contributed by atoms with Gasteiger partial charge >= 0.3 is 0 Å². The number of hydrogen-bond acceptors (Lipinski definition) is 8. The second-order valence-corrected chi connectivity index (χ2v) is 6.19. The molecule has 2 N–H and O–H groups in total. The second-order valence-electron chi connectivity index (χ2n) is 5.76. The number of anilines is 4. The van der Waals surface area contributed by atoms with Gasteiger partial charge in [0.15, 0.2) is 11.5 Å². The van der Waals surface area contributed by atoms with Gasteiger partial charge in [-0.25, -0.2) is 9.97 Å². The van der Waals surface area contributed by atoms with Crippen LogP contribution in [0.1, 0.15) is 5.56 Å². The molecule has 0 amide bonds. The van der Waals surface area contributed by atoms with Gasteiger partial charge in [0.25, 0.3) is 0 Å². The summed E-state index contributed by atoms with van der Waals surface area (Å²) in [4.78, 5) is 12.7. The van der Waals surface area contributed by atoms with E-state index < -0.39 is 0 Å². The van der Waals surface area contributed by atoms with Gasteiger partial charge in [-0.05, 0) is 24.6 Å². The third-order valence-electron chi connectivity index (χ3n) is 3.94. The zero-order chi connectivity index (χ0) is 20.1. The predicted molar refractivity (Wildman–Crippen MR) is 109 cm³/mol. The fourth-order valence-electron chi connectivity index (χ4n) is 2.55. The van der Waals surface area contributed by atoms with E-state index in [1.54, 1.807) is 33.5 Å². The van der Waals surface area contributed by atoms with Crippen molar-refractivity contribution in [2.24, 2.45) is 0 Å². The lowest BCUT2D eigenvalue weighted by molar-refractivity contribution is 0.324. The molecule has 1 heterocycles. The van der Waals surface area contributed by atoms with E-state index in [1.165, 1.54) is 6.33 Å². The zero-order valence-electron chi connectivity index (χ0n) is 15.9. The van der Waals surface area contributed by atoms with E-state index in [2.05, 4.69) is 25.6 Å². The first-order valence-corrected chi connectivity index (χ1v) is 8.71. The molecule has 1 aromatic heterocycles. The van der Waals surface area contributed by atoms with Crippen LogP contribution in [0.3, 0.4) is 0 Å². The first kappa shape index (κ1) is 19.5. The van der Waals surface area contributed by atoms with Crippen molar-refractivity contribution in [3.05, 3.63) is 47.2 Å². The normalized spacial score (nSPS) is 10.3. The quantitative estimate of drug-likeness (QED) is 0.604. The third-order valence-corrected chi connectivity index (χ3v) is 4.17. The Morgan fingerprint density at radius 2 is 1.50 bits per heavy atom. The van der Waals surface area contributed by atoms with Crippen LogP contribution in [-0.2, 0) is 0 Å². The molecule has 0 unspecified atom stereocenters. The van der Waals surface area contributed by atoms with Gasteiger partial charge in [-0.15, -0.1) is 0 Å². The maximum absolute atomic E-state index is 6.06. The molecule has 0 spiro atoms. The average molecular weight is 402 g/mol. The fraction of sp³-hybridized carbons (Fsp3) is 0.211. The monoisotopic (exact) mass is 401 g/mol. The SMILES string of the molecule is COc1cc(Nc2ncnc(Nc3cc(Cl)ccc3C)n2)cc(OC)c1OC. The van der Waals surface area contributed by atoms with Crippen LogP contribution in [0, 0.1) is 6.92 Å². The molecule has 3 rings (SSSR count). The Morgan fingerprint density at radius 3 is 2.11 bits per heavy atom. The van der Waals surface area contributed by atoms with Gasteiger partial charge in [0.1, 0.15) is 6.33 Å². The Kier molecular flexibility index (Phi) is 6.00. The highest BCUT2D eigenvalue weighted by molar-refractivity contribution is 6.30. The van der Waals surface area contributed by atoms with E-state index in [4.69, 9.17) is 25.8 Å². The Bertz CT molecular complexity index is 959. The van der Waals surface area contributed by atoms with Gasteiger partial charge in [0, 0.05) is 28.5 Å². The molecule has 8 nitrogen and oxygen atoms in total. The van der Waals surface area contributed by atoms with Crippen LogP contribution < -0.4 is 24.8 Å². The van der Waals surface area contributed by atoms with E-state index in [0.29, 0.717) is 39.9 Å². The first-order chi connectivity index (χ1) is 13.5. The summed E-state index contributed by atoms with van der Waals surface area (Å²) in [6, 6.07) is 9.08. The molecule has 0 aliphatic rings. The molecule has 146 valence electrons. The number of nitrogens with zero attached hydrogens (tertiary/aromatic N) is 3. The van der Waals surface area contributed by atoms with E-state index in [-0.39, 0.29) is 0 Å². The van der Waals surface area contributed by atoms with E-state index in [1.807, 2.05) is 25.1 Å². The lowest BCUT2D eigenvalue weighted by Crippen LogP contribution is -2.04. The van der Waals surface area contributed by atoms with Crippen LogP contribution in [0.4, 0.5) is 23.3 Å². The van der Waals surface area contributed by atoms with Crippen molar-refractivity contribution in [1.29, 1.82) is 0 Å². The summed E-state index contributed by atoms with van der Waals surface area (Å²) in [5.74, 6) is 2.28. The van der Waals surface area contributed by atoms with Crippen molar-refractivity contribution >= 4 is 34.9 Å². The van der Waals surface area contributed by atoms with Gasteiger partial charge in [-0.2, -0.15) is 4.98 Å². The Hall–Kier alpha value is -3.26. The molecule has 3 aromatic rings. The maximum atomic E-state index is 6.06. The van der Waals surface area contributed by atoms with Crippen LogP contribution in [-0.4, -0.2) is 36.3 Å². The number of hydrogen-bond donors (Lipinski definition) is 2. The minimum atomic E-state index is 0.353. The molecule has 0 saturated carbocycles. The van der Waals surface area contributed by atoms with Gasteiger partial charge in [0.2, 0.25) is 17.6 Å². The van der Waals surface area contributed by atoms with Gasteiger partial charge in [-0.3, -0.25) is 0 Å². The molecule has 0 saturated heterocycles. The largest absolute Gasteiger partial charge is 0.493 e. The zero-order valence-corrected chi connectivity index (χ0v) is 16.7. The molecule has 28 heavy (non-hydrogen) atoms. The second kappa shape index (κ2) is 8.62. The molecule has 9 heteroatoms. The number of halogens is 1. The molecule has 0 aliphatic carbocycles. The Morgan fingerprint density at radius 1 is 0.857 bits per heavy atom. The number of aromatic nitrogens is 3. The molecular weight excluding hydrogens is 382 g/mol. The Balaban J connectivity index is 1.86. The fourth-order valence-corrected chi connectivity index (χ4v) is 2.72. The van der Waals surface area contributed by atoms with Crippen LogP contribution in [0.25, 0.3) is 0 Å². The summed E-state index contributed by atoms with van der Waals surface area (Å²) in [7, 11) is 4.66.